The fourth-order valence-electron chi connectivity index (χ4n) is 2.18. The lowest BCUT2D eigenvalue weighted by molar-refractivity contribution is -0.153. The Morgan fingerprint density at radius 3 is 2.42 bits per heavy atom. The molecule has 10 heteroatoms. The maximum Gasteiger partial charge on any atom is 0.326 e. The van der Waals surface area contributed by atoms with E-state index in [0.717, 1.165) is 0 Å². The molecule has 0 aromatic carbocycles. The smallest absolute Gasteiger partial charge is 0.326 e. The molecule has 2 N–H and O–H groups in total. The van der Waals surface area contributed by atoms with Gasteiger partial charge >= 0.3 is 5.97 Å². The number of hydrogen-bond acceptors (Lipinski definition) is 7. The number of aliphatic carboxylic acids is 1. The van der Waals surface area contributed by atoms with Crippen LogP contribution in [0.3, 0.4) is 0 Å². The summed E-state index contributed by atoms with van der Waals surface area (Å²) in [6.07, 6.45) is 3.14. The van der Waals surface area contributed by atoms with Crippen molar-refractivity contribution in [2.75, 3.05) is 60.4 Å². The van der Waals surface area contributed by atoms with E-state index in [1.165, 1.54) is 18.3 Å². The van der Waals surface area contributed by atoms with E-state index in [1.807, 2.05) is 0 Å². The van der Waals surface area contributed by atoms with E-state index in [4.69, 9.17) is 18.9 Å². The van der Waals surface area contributed by atoms with Gasteiger partial charge in [-0.15, -0.1) is 0 Å². The number of hydrogen-bond donors (Lipinski definition) is 2. The van der Waals surface area contributed by atoms with Crippen molar-refractivity contribution in [1.29, 1.82) is 0 Å². The van der Waals surface area contributed by atoms with Crippen molar-refractivity contribution in [3.05, 3.63) is 18.2 Å². The Labute approximate surface area is 152 Å². The lowest BCUT2D eigenvalue weighted by Gasteiger charge is -2.28. The average Bonchev–Trinajstić information content (AvgIpc) is 3.13. The molecule has 0 bridgehead atoms. The van der Waals surface area contributed by atoms with Crippen LogP contribution in [0.4, 0.5) is 0 Å². The van der Waals surface area contributed by atoms with Crippen molar-refractivity contribution in [2.24, 2.45) is 0 Å². The van der Waals surface area contributed by atoms with Gasteiger partial charge in [0.25, 0.3) is 0 Å². The first kappa shape index (κ1) is 22.0. The minimum Gasteiger partial charge on any atom is -0.480 e. The Morgan fingerprint density at radius 2 is 1.85 bits per heavy atom. The summed E-state index contributed by atoms with van der Waals surface area (Å²) in [5.74, 6) is -1.55. The van der Waals surface area contributed by atoms with Crippen LogP contribution in [0.15, 0.2) is 12.5 Å². The van der Waals surface area contributed by atoms with Crippen molar-refractivity contribution in [3.63, 3.8) is 0 Å². The van der Waals surface area contributed by atoms with Gasteiger partial charge in [0.2, 0.25) is 5.91 Å². The lowest BCUT2D eigenvalue weighted by atomic mass is 10.1. The van der Waals surface area contributed by atoms with E-state index >= 15 is 0 Å². The van der Waals surface area contributed by atoms with Crippen LogP contribution in [0.1, 0.15) is 5.69 Å². The molecule has 148 valence electrons. The summed E-state index contributed by atoms with van der Waals surface area (Å²) in [5.41, 5.74) is 0.552. The van der Waals surface area contributed by atoms with Crippen LogP contribution in [-0.2, 0) is 35.0 Å². The number of carbonyl (C=O) groups excluding carboxylic acids is 1. The molecule has 1 atom stereocenters. The number of carboxylic acids is 1. The number of amides is 1. The highest BCUT2D eigenvalue weighted by atomic mass is 16.5. The summed E-state index contributed by atoms with van der Waals surface area (Å²) < 4.78 is 20.3. The molecular weight excluding hydrogens is 346 g/mol. The van der Waals surface area contributed by atoms with Gasteiger partial charge in [-0.05, 0) is 0 Å². The van der Waals surface area contributed by atoms with E-state index in [0.29, 0.717) is 25.5 Å². The molecule has 26 heavy (non-hydrogen) atoms. The molecule has 0 unspecified atom stereocenters. The van der Waals surface area contributed by atoms with E-state index in [1.54, 1.807) is 13.3 Å². The third kappa shape index (κ3) is 8.39. The van der Waals surface area contributed by atoms with Gasteiger partial charge < -0.3 is 33.9 Å². The Morgan fingerprint density at radius 1 is 1.15 bits per heavy atom. The Balaban J connectivity index is 2.70. The van der Waals surface area contributed by atoms with Crippen molar-refractivity contribution >= 4 is 11.9 Å². The molecule has 0 spiro atoms. The third-order valence-corrected chi connectivity index (χ3v) is 3.50. The van der Waals surface area contributed by atoms with E-state index in [9.17, 15) is 14.7 Å². The fraction of sp³-hybridized carbons (Fsp3) is 0.688. The molecule has 1 aromatic heterocycles. The van der Waals surface area contributed by atoms with Gasteiger partial charge in [0, 0.05) is 33.4 Å². The van der Waals surface area contributed by atoms with Crippen LogP contribution < -0.4 is 0 Å². The quantitative estimate of drug-likeness (QED) is 0.397. The number of nitrogens with zero attached hydrogens (tertiary/aromatic N) is 2. The number of carboxylic acid groups (broad SMARTS) is 1. The Bertz CT molecular complexity index is 510. The highest BCUT2D eigenvalue weighted by Crippen LogP contribution is 2.09. The van der Waals surface area contributed by atoms with Gasteiger partial charge in [-0.25, -0.2) is 9.78 Å². The second kappa shape index (κ2) is 13.2. The largest absolute Gasteiger partial charge is 0.480 e. The van der Waals surface area contributed by atoms with Gasteiger partial charge in [0.15, 0.2) is 0 Å². The van der Waals surface area contributed by atoms with E-state index < -0.39 is 17.9 Å². The summed E-state index contributed by atoms with van der Waals surface area (Å²) in [7, 11) is 3.08. The number of ether oxygens (including phenoxy) is 4. The first-order valence-electron chi connectivity index (χ1n) is 8.23. The van der Waals surface area contributed by atoms with Crippen LogP contribution in [0.5, 0.6) is 0 Å². The van der Waals surface area contributed by atoms with Crippen LogP contribution >= 0.6 is 0 Å². The Hall–Kier alpha value is -2.01. The van der Waals surface area contributed by atoms with Crippen LogP contribution in [-0.4, -0.2) is 98.3 Å². The summed E-state index contributed by atoms with van der Waals surface area (Å²) >= 11 is 0. The molecule has 0 radical (unpaired) electrons. The summed E-state index contributed by atoms with van der Waals surface area (Å²) in [6, 6.07) is -1.07. The number of methoxy groups -OCH3 is 2. The molecule has 0 aliphatic carbocycles. The number of rotatable bonds is 15. The first-order valence-corrected chi connectivity index (χ1v) is 8.23. The van der Waals surface area contributed by atoms with E-state index in [2.05, 4.69) is 9.97 Å². The topological polar surface area (TPSA) is 123 Å². The molecule has 1 aromatic rings. The SMILES string of the molecule is COCCOCCN(C(=O)COCCOC)[C@@H](Cc1c[nH]cn1)C(=O)O. The molecule has 1 amide bonds. The predicted octanol–water partition coefficient (Wildman–Crippen LogP) is -0.440. The normalized spacial score (nSPS) is 12.1. The van der Waals surface area contributed by atoms with Crippen molar-refractivity contribution in [3.8, 4) is 0 Å². The number of aromatic amines is 1. The zero-order valence-electron chi connectivity index (χ0n) is 15.2. The molecule has 1 heterocycles. The van der Waals surface area contributed by atoms with Gasteiger partial charge in [0.05, 0.1) is 45.1 Å². The molecule has 0 saturated heterocycles. The zero-order valence-corrected chi connectivity index (χ0v) is 15.2. The van der Waals surface area contributed by atoms with E-state index in [-0.39, 0.29) is 32.8 Å². The second-order valence-corrected chi connectivity index (χ2v) is 5.36. The highest BCUT2D eigenvalue weighted by molar-refractivity contribution is 5.84. The Kier molecular flexibility index (Phi) is 11.2. The maximum absolute atomic E-state index is 12.5. The van der Waals surface area contributed by atoms with Gasteiger partial charge in [-0.1, -0.05) is 0 Å². The van der Waals surface area contributed by atoms with Crippen LogP contribution in [0.25, 0.3) is 0 Å². The monoisotopic (exact) mass is 373 g/mol. The first-order chi connectivity index (χ1) is 12.6. The fourth-order valence-corrected chi connectivity index (χ4v) is 2.18. The second-order valence-electron chi connectivity index (χ2n) is 5.36. The number of H-pyrrole nitrogens is 1. The molecule has 0 aliphatic rings. The van der Waals surface area contributed by atoms with Crippen LogP contribution in [0, 0.1) is 0 Å². The van der Waals surface area contributed by atoms with Gasteiger partial charge in [-0.2, -0.15) is 0 Å². The molecule has 1 rings (SSSR count). The molecular formula is C16H27N3O7. The lowest BCUT2D eigenvalue weighted by Crippen LogP contribution is -2.49. The number of nitrogens with one attached hydrogen (secondary N) is 1. The number of carbonyl (C=O) groups is 2. The highest BCUT2D eigenvalue weighted by Gasteiger charge is 2.30. The maximum atomic E-state index is 12.5. The molecule has 0 fully saturated rings. The number of imidazole rings is 1. The molecule has 0 saturated carbocycles. The zero-order chi connectivity index (χ0) is 19.2. The van der Waals surface area contributed by atoms with Gasteiger partial charge in [0.1, 0.15) is 12.6 Å². The average molecular weight is 373 g/mol. The van der Waals surface area contributed by atoms with Gasteiger partial charge in [-0.3, -0.25) is 4.79 Å². The van der Waals surface area contributed by atoms with Crippen molar-refractivity contribution in [1.82, 2.24) is 14.9 Å². The third-order valence-electron chi connectivity index (χ3n) is 3.50. The predicted molar refractivity (Wildman–Crippen MR) is 90.8 cm³/mol. The van der Waals surface area contributed by atoms with Crippen LogP contribution in [0.2, 0.25) is 0 Å². The molecule has 0 aliphatic heterocycles. The van der Waals surface area contributed by atoms with Crippen molar-refractivity contribution < 1.29 is 33.6 Å². The summed E-state index contributed by atoms with van der Waals surface area (Å²) in [4.78, 5) is 32.3. The summed E-state index contributed by atoms with van der Waals surface area (Å²) in [6.45, 7) is 1.46. The summed E-state index contributed by atoms with van der Waals surface area (Å²) in [5, 5.41) is 9.59. The minimum absolute atomic E-state index is 0.0840. The minimum atomic E-state index is -1.12. The number of aromatic nitrogens is 2. The standard InChI is InChI=1S/C16H27N3O7/c1-23-5-7-25-4-3-19(15(20)11-26-8-6-24-2)14(16(21)22)9-13-10-17-12-18-13/h10,12,14H,3-9,11H2,1-2H3,(H,17,18)(H,21,22)/t14-/m0/s1. The molecule has 10 nitrogen and oxygen atoms in total. The van der Waals surface area contributed by atoms with Crippen molar-refractivity contribution in [2.45, 2.75) is 12.5 Å².